The molecule has 5 heteroatoms. The van der Waals surface area contributed by atoms with Crippen LogP contribution in [0.2, 0.25) is 0 Å². The Bertz CT molecular complexity index is 613. The van der Waals surface area contributed by atoms with Gasteiger partial charge in [-0.1, -0.05) is 0 Å². The van der Waals surface area contributed by atoms with Crippen molar-refractivity contribution < 1.29 is 0 Å². The lowest BCUT2D eigenvalue weighted by Crippen LogP contribution is -2.31. The zero-order valence-corrected chi connectivity index (χ0v) is 10.8. The molecule has 0 spiro atoms. The number of likely N-dealkylation sites (tertiary alicyclic amines) is 1. The zero-order valence-electron chi connectivity index (χ0n) is 10.8. The van der Waals surface area contributed by atoms with E-state index in [2.05, 4.69) is 28.9 Å². The molecule has 96 valence electrons. The van der Waals surface area contributed by atoms with Gasteiger partial charge in [-0.05, 0) is 33.2 Å². The fraction of sp³-hybridized carbons (Fsp3) is 0.538. The summed E-state index contributed by atoms with van der Waals surface area (Å²) in [6.45, 7) is 5.55. The molecule has 3 rings (SSSR count). The Labute approximate surface area is 105 Å². The van der Waals surface area contributed by atoms with E-state index in [1.807, 2.05) is 10.6 Å². The quantitative estimate of drug-likeness (QED) is 0.875. The van der Waals surface area contributed by atoms with Crippen LogP contribution in [0.5, 0.6) is 0 Å². The van der Waals surface area contributed by atoms with Gasteiger partial charge in [-0.15, -0.1) is 0 Å². The number of nitrogens with zero attached hydrogens (tertiary/aromatic N) is 3. The first kappa shape index (κ1) is 11.5. The van der Waals surface area contributed by atoms with Gasteiger partial charge in [0.2, 0.25) is 0 Å². The van der Waals surface area contributed by atoms with Crippen molar-refractivity contribution in [3.8, 4) is 0 Å². The number of H-pyrrole nitrogens is 1. The molecule has 1 N–H and O–H groups in total. The van der Waals surface area contributed by atoms with E-state index in [9.17, 15) is 4.79 Å². The monoisotopic (exact) mass is 246 g/mol. The Morgan fingerprint density at radius 3 is 3.11 bits per heavy atom. The van der Waals surface area contributed by atoms with Gasteiger partial charge in [0, 0.05) is 24.4 Å². The summed E-state index contributed by atoms with van der Waals surface area (Å²) < 4.78 is 1.99. The molecule has 2 aromatic rings. The summed E-state index contributed by atoms with van der Waals surface area (Å²) >= 11 is 0. The maximum atomic E-state index is 11.3. The third kappa shape index (κ3) is 1.75. The number of pyridine rings is 1. The van der Waals surface area contributed by atoms with Crippen LogP contribution >= 0.6 is 0 Å². The Morgan fingerprint density at radius 2 is 2.33 bits per heavy atom. The second kappa shape index (κ2) is 4.24. The van der Waals surface area contributed by atoms with E-state index in [0.717, 1.165) is 24.4 Å². The van der Waals surface area contributed by atoms with Gasteiger partial charge in [-0.2, -0.15) is 5.10 Å². The van der Waals surface area contributed by atoms with Crippen LogP contribution in [0.4, 0.5) is 0 Å². The molecule has 1 saturated heterocycles. The van der Waals surface area contributed by atoms with E-state index in [-0.39, 0.29) is 5.43 Å². The maximum Gasteiger partial charge on any atom is 0.183 e. The Balaban J connectivity index is 2.06. The van der Waals surface area contributed by atoms with Crippen LogP contribution in [-0.2, 0) is 0 Å². The molecular formula is C13H18N4O. The second-order valence-electron chi connectivity index (χ2n) is 5.19. The number of hydrogen-bond donors (Lipinski definition) is 1. The topological polar surface area (TPSA) is 53.4 Å². The molecule has 0 radical (unpaired) electrons. The summed E-state index contributed by atoms with van der Waals surface area (Å²) in [7, 11) is 0. The smallest absolute Gasteiger partial charge is 0.183 e. The normalized spacial score (nSPS) is 21.2. The molecule has 1 aliphatic rings. The van der Waals surface area contributed by atoms with Crippen LogP contribution in [0, 0.1) is 0 Å². The van der Waals surface area contributed by atoms with Crippen molar-refractivity contribution in [2.75, 3.05) is 6.54 Å². The van der Waals surface area contributed by atoms with Gasteiger partial charge in [-0.25, -0.2) is 0 Å². The molecule has 0 saturated carbocycles. The van der Waals surface area contributed by atoms with E-state index in [1.165, 1.54) is 6.42 Å². The number of hydrogen-bond acceptors (Lipinski definition) is 3. The Morgan fingerprint density at radius 1 is 1.50 bits per heavy atom. The van der Waals surface area contributed by atoms with Gasteiger partial charge in [0.25, 0.3) is 0 Å². The molecule has 0 aliphatic carbocycles. The van der Waals surface area contributed by atoms with Crippen LogP contribution in [0.15, 0.2) is 23.1 Å². The lowest BCUT2D eigenvalue weighted by molar-refractivity contribution is 0.197. The van der Waals surface area contributed by atoms with E-state index < -0.39 is 0 Å². The first-order valence-electron chi connectivity index (χ1n) is 6.49. The number of rotatable bonds is 2. The largest absolute Gasteiger partial charge is 0.291 e. The van der Waals surface area contributed by atoms with Crippen molar-refractivity contribution in [1.29, 1.82) is 0 Å². The summed E-state index contributed by atoms with van der Waals surface area (Å²) in [5.74, 6) is 1.01. The summed E-state index contributed by atoms with van der Waals surface area (Å²) in [5, 5.41) is 7.36. The van der Waals surface area contributed by atoms with Crippen LogP contribution in [0.3, 0.4) is 0 Å². The first-order valence-corrected chi connectivity index (χ1v) is 6.49. The second-order valence-corrected chi connectivity index (χ2v) is 5.19. The third-order valence-electron chi connectivity index (χ3n) is 3.71. The van der Waals surface area contributed by atoms with Gasteiger partial charge in [-0.3, -0.25) is 19.2 Å². The molecule has 0 bridgehead atoms. The molecule has 0 aromatic carbocycles. The van der Waals surface area contributed by atoms with Crippen LogP contribution in [-0.4, -0.2) is 32.1 Å². The molecule has 1 aliphatic heterocycles. The molecule has 0 amide bonds. The van der Waals surface area contributed by atoms with Crippen molar-refractivity contribution in [1.82, 2.24) is 19.5 Å². The number of aromatic amines is 1. The van der Waals surface area contributed by atoms with Crippen molar-refractivity contribution >= 4 is 5.65 Å². The molecule has 2 aromatic heterocycles. The van der Waals surface area contributed by atoms with Gasteiger partial charge < -0.3 is 0 Å². The maximum absolute atomic E-state index is 11.3. The molecule has 3 heterocycles. The fourth-order valence-electron chi connectivity index (χ4n) is 2.85. The number of fused-ring (bicyclic) bond motifs is 1. The number of nitrogens with one attached hydrogen (secondary N) is 1. The Hall–Kier alpha value is -1.62. The predicted octanol–water partition coefficient (Wildman–Crippen LogP) is 1.57. The summed E-state index contributed by atoms with van der Waals surface area (Å²) in [4.78, 5) is 13.8. The van der Waals surface area contributed by atoms with E-state index in [1.54, 1.807) is 12.1 Å². The van der Waals surface area contributed by atoms with Crippen molar-refractivity contribution in [2.24, 2.45) is 0 Å². The minimum Gasteiger partial charge on any atom is -0.291 e. The van der Waals surface area contributed by atoms with Gasteiger partial charge in [0.1, 0.15) is 5.65 Å². The minimum atomic E-state index is 0.0114. The standard InChI is InChI=1S/C13H18N4O/c1-9(2)16-6-3-4-11(16)13-15-14-12-8-10(18)5-7-17(12)13/h5,7-9,11,14H,3-4,6H2,1-2H3. The van der Waals surface area contributed by atoms with Crippen LogP contribution in [0.1, 0.15) is 38.6 Å². The highest BCUT2D eigenvalue weighted by Crippen LogP contribution is 2.32. The summed E-state index contributed by atoms with van der Waals surface area (Å²) in [5.41, 5.74) is 0.783. The van der Waals surface area contributed by atoms with Crippen molar-refractivity contribution in [3.63, 3.8) is 0 Å². The SMILES string of the molecule is CC(C)N1CCCC1c1n[nH]c2cc(=O)ccn12. The molecule has 1 fully saturated rings. The highest BCUT2D eigenvalue weighted by Gasteiger charge is 2.30. The molecule has 1 unspecified atom stereocenters. The van der Waals surface area contributed by atoms with Crippen molar-refractivity contribution in [2.45, 2.75) is 38.8 Å². The fourth-order valence-corrected chi connectivity index (χ4v) is 2.85. The third-order valence-corrected chi connectivity index (χ3v) is 3.71. The lowest BCUT2D eigenvalue weighted by Gasteiger charge is -2.26. The zero-order chi connectivity index (χ0) is 12.7. The Kier molecular flexibility index (Phi) is 2.70. The molecule has 1 atom stereocenters. The summed E-state index contributed by atoms with van der Waals surface area (Å²) in [6.07, 6.45) is 4.15. The average molecular weight is 246 g/mol. The highest BCUT2D eigenvalue weighted by molar-refractivity contribution is 5.37. The minimum absolute atomic E-state index is 0.0114. The first-order chi connectivity index (χ1) is 8.66. The van der Waals surface area contributed by atoms with Crippen molar-refractivity contribution in [3.05, 3.63) is 34.4 Å². The van der Waals surface area contributed by atoms with E-state index >= 15 is 0 Å². The molecule has 5 nitrogen and oxygen atoms in total. The predicted molar refractivity (Wildman–Crippen MR) is 69.6 cm³/mol. The van der Waals surface area contributed by atoms with Crippen LogP contribution in [0.25, 0.3) is 5.65 Å². The van der Waals surface area contributed by atoms with Gasteiger partial charge in [0.15, 0.2) is 11.3 Å². The molecular weight excluding hydrogens is 228 g/mol. The summed E-state index contributed by atoms with van der Waals surface area (Å²) in [6, 6.07) is 4.04. The average Bonchev–Trinajstić information content (AvgIpc) is 2.92. The highest BCUT2D eigenvalue weighted by atomic mass is 16.1. The van der Waals surface area contributed by atoms with E-state index in [4.69, 9.17) is 0 Å². The lowest BCUT2D eigenvalue weighted by atomic mass is 10.2. The molecule has 18 heavy (non-hydrogen) atoms. The number of aromatic nitrogens is 3. The van der Waals surface area contributed by atoms with Gasteiger partial charge in [0.05, 0.1) is 6.04 Å². The van der Waals surface area contributed by atoms with E-state index in [0.29, 0.717) is 12.1 Å². The van der Waals surface area contributed by atoms with Gasteiger partial charge >= 0.3 is 0 Å². The van der Waals surface area contributed by atoms with Crippen LogP contribution < -0.4 is 5.43 Å².